The van der Waals surface area contributed by atoms with Gasteiger partial charge in [0, 0.05) is 19.8 Å². The van der Waals surface area contributed by atoms with Crippen LogP contribution in [0.15, 0.2) is 29.5 Å². The summed E-state index contributed by atoms with van der Waals surface area (Å²) in [7, 11) is 1.90. The molecule has 0 aliphatic heterocycles. The Kier molecular flexibility index (Phi) is 4.72. The summed E-state index contributed by atoms with van der Waals surface area (Å²) in [6, 6.07) is 3.83. The highest BCUT2D eigenvalue weighted by Crippen LogP contribution is 2.09. The number of pyridine rings is 1. The summed E-state index contributed by atoms with van der Waals surface area (Å²) in [5.74, 6) is 6.60. The lowest BCUT2D eigenvalue weighted by Gasteiger charge is -2.20. The van der Waals surface area contributed by atoms with Crippen LogP contribution < -0.4 is 16.2 Å². The van der Waals surface area contributed by atoms with Crippen LogP contribution in [0, 0.1) is 5.92 Å². The van der Waals surface area contributed by atoms with Crippen molar-refractivity contribution in [2.75, 3.05) is 18.5 Å². The fraction of sp³-hybridized carbons (Fsp3) is 0.455. The molecular weight excluding hydrogens is 202 g/mol. The highest BCUT2D eigenvalue weighted by molar-refractivity contribution is 5.94. The number of aliphatic imine (C=N–C) groups is 1. The van der Waals surface area contributed by atoms with Gasteiger partial charge < -0.3 is 4.90 Å². The van der Waals surface area contributed by atoms with E-state index in [-0.39, 0.29) is 0 Å². The number of nitrogens with one attached hydrogen (secondary N) is 1. The second-order valence-electron chi connectivity index (χ2n) is 3.97. The number of rotatable bonds is 3. The molecule has 5 heteroatoms. The Balaban J connectivity index is 2.77. The van der Waals surface area contributed by atoms with Gasteiger partial charge in [-0.1, -0.05) is 13.8 Å². The lowest BCUT2D eigenvalue weighted by atomic mass is 10.2. The SMILES string of the molecule is CC(C)CN=C(NN)N(C)c1cccnc1. The van der Waals surface area contributed by atoms with Crippen LogP contribution in [0.5, 0.6) is 0 Å². The van der Waals surface area contributed by atoms with Crippen LogP contribution in [0.4, 0.5) is 5.69 Å². The van der Waals surface area contributed by atoms with Crippen molar-refractivity contribution < 1.29 is 0 Å². The normalized spacial score (nSPS) is 11.7. The molecule has 0 spiro atoms. The average Bonchev–Trinajstić information content (AvgIpc) is 2.30. The van der Waals surface area contributed by atoms with Gasteiger partial charge in [0.15, 0.2) is 0 Å². The van der Waals surface area contributed by atoms with Crippen LogP contribution in [0.1, 0.15) is 13.8 Å². The first-order valence-electron chi connectivity index (χ1n) is 5.30. The zero-order valence-corrected chi connectivity index (χ0v) is 10.0. The Labute approximate surface area is 96.4 Å². The van der Waals surface area contributed by atoms with Crippen molar-refractivity contribution in [2.24, 2.45) is 16.8 Å². The molecule has 0 aliphatic carbocycles. The zero-order chi connectivity index (χ0) is 12.0. The largest absolute Gasteiger partial charge is 0.313 e. The molecular formula is C11H19N5. The van der Waals surface area contributed by atoms with Crippen molar-refractivity contribution in [3.63, 3.8) is 0 Å². The molecule has 88 valence electrons. The molecule has 0 fully saturated rings. The molecule has 3 N–H and O–H groups in total. The van der Waals surface area contributed by atoms with Gasteiger partial charge in [0.05, 0.1) is 11.9 Å². The fourth-order valence-corrected chi connectivity index (χ4v) is 1.19. The maximum Gasteiger partial charge on any atom is 0.212 e. The standard InChI is InChI=1S/C11H19N5/c1-9(2)7-14-11(15-12)16(3)10-5-4-6-13-8-10/h4-6,8-9H,7,12H2,1-3H3,(H,14,15). The monoisotopic (exact) mass is 221 g/mol. The van der Waals surface area contributed by atoms with Gasteiger partial charge in [0.25, 0.3) is 0 Å². The molecule has 0 aromatic carbocycles. The highest BCUT2D eigenvalue weighted by atomic mass is 15.4. The first kappa shape index (κ1) is 12.4. The summed E-state index contributed by atoms with van der Waals surface area (Å²) in [5.41, 5.74) is 3.55. The summed E-state index contributed by atoms with van der Waals surface area (Å²) in [5, 5.41) is 0. The third-order valence-corrected chi connectivity index (χ3v) is 2.09. The fourth-order valence-electron chi connectivity index (χ4n) is 1.19. The molecule has 1 rings (SSSR count). The Morgan fingerprint density at radius 2 is 2.38 bits per heavy atom. The molecule has 1 heterocycles. The Morgan fingerprint density at radius 3 is 2.88 bits per heavy atom. The van der Waals surface area contributed by atoms with Gasteiger partial charge in [-0.25, -0.2) is 5.84 Å². The van der Waals surface area contributed by atoms with E-state index in [1.165, 1.54) is 0 Å². The van der Waals surface area contributed by atoms with Crippen molar-refractivity contribution >= 4 is 11.6 Å². The molecule has 1 aromatic rings. The van der Waals surface area contributed by atoms with Crippen molar-refractivity contribution in [1.82, 2.24) is 10.4 Å². The first-order valence-corrected chi connectivity index (χ1v) is 5.30. The summed E-state index contributed by atoms with van der Waals surface area (Å²) in [6.45, 7) is 4.97. The van der Waals surface area contributed by atoms with E-state index in [0.717, 1.165) is 12.2 Å². The zero-order valence-electron chi connectivity index (χ0n) is 10.0. The van der Waals surface area contributed by atoms with Gasteiger partial charge in [-0.3, -0.25) is 15.4 Å². The molecule has 16 heavy (non-hydrogen) atoms. The number of hydrogen-bond acceptors (Lipinski definition) is 3. The molecule has 0 radical (unpaired) electrons. The van der Waals surface area contributed by atoms with Crippen LogP contribution in [-0.2, 0) is 0 Å². The topological polar surface area (TPSA) is 66.5 Å². The summed E-state index contributed by atoms with van der Waals surface area (Å²) in [4.78, 5) is 10.3. The van der Waals surface area contributed by atoms with E-state index < -0.39 is 0 Å². The minimum absolute atomic E-state index is 0.505. The number of hydrogen-bond donors (Lipinski definition) is 2. The molecule has 0 saturated carbocycles. The molecule has 0 saturated heterocycles. The van der Waals surface area contributed by atoms with E-state index >= 15 is 0 Å². The number of anilines is 1. The molecule has 0 atom stereocenters. The molecule has 0 unspecified atom stereocenters. The van der Waals surface area contributed by atoms with Crippen molar-refractivity contribution in [3.05, 3.63) is 24.5 Å². The van der Waals surface area contributed by atoms with Gasteiger partial charge in [0.2, 0.25) is 5.96 Å². The second-order valence-corrected chi connectivity index (χ2v) is 3.97. The lowest BCUT2D eigenvalue weighted by molar-refractivity contribution is 0.661. The van der Waals surface area contributed by atoms with Crippen LogP contribution >= 0.6 is 0 Å². The van der Waals surface area contributed by atoms with E-state index in [4.69, 9.17) is 5.84 Å². The number of aromatic nitrogens is 1. The molecule has 1 aromatic heterocycles. The minimum atomic E-state index is 0.505. The van der Waals surface area contributed by atoms with Gasteiger partial charge in [-0.2, -0.15) is 0 Å². The smallest absolute Gasteiger partial charge is 0.212 e. The van der Waals surface area contributed by atoms with Crippen molar-refractivity contribution in [3.8, 4) is 0 Å². The van der Waals surface area contributed by atoms with Crippen LogP contribution in [0.3, 0.4) is 0 Å². The van der Waals surface area contributed by atoms with E-state index in [0.29, 0.717) is 11.9 Å². The number of hydrazine groups is 1. The van der Waals surface area contributed by atoms with E-state index in [1.54, 1.807) is 12.4 Å². The van der Waals surface area contributed by atoms with Crippen LogP contribution in [0.25, 0.3) is 0 Å². The van der Waals surface area contributed by atoms with E-state index in [9.17, 15) is 0 Å². The molecule has 0 amide bonds. The van der Waals surface area contributed by atoms with Crippen molar-refractivity contribution in [1.29, 1.82) is 0 Å². The van der Waals surface area contributed by atoms with Crippen molar-refractivity contribution in [2.45, 2.75) is 13.8 Å². The third-order valence-electron chi connectivity index (χ3n) is 2.09. The van der Waals surface area contributed by atoms with Gasteiger partial charge >= 0.3 is 0 Å². The Morgan fingerprint density at radius 1 is 1.62 bits per heavy atom. The average molecular weight is 221 g/mol. The minimum Gasteiger partial charge on any atom is -0.313 e. The predicted octanol–water partition coefficient (Wildman–Crippen LogP) is 0.993. The number of nitrogens with two attached hydrogens (primary N) is 1. The summed E-state index contributed by atoms with van der Waals surface area (Å²) < 4.78 is 0. The molecule has 5 nitrogen and oxygen atoms in total. The van der Waals surface area contributed by atoms with Crippen LogP contribution in [-0.4, -0.2) is 24.5 Å². The van der Waals surface area contributed by atoms with Gasteiger partial charge in [-0.05, 0) is 18.1 Å². The van der Waals surface area contributed by atoms with Gasteiger partial charge in [0.1, 0.15) is 0 Å². The Bertz CT molecular complexity index is 333. The molecule has 0 aliphatic rings. The maximum absolute atomic E-state index is 5.45. The van der Waals surface area contributed by atoms with E-state index in [2.05, 4.69) is 29.2 Å². The lowest BCUT2D eigenvalue weighted by Crippen LogP contribution is -2.43. The Hall–Kier alpha value is -1.62. The maximum atomic E-state index is 5.45. The van der Waals surface area contributed by atoms with E-state index in [1.807, 2.05) is 24.1 Å². The summed E-state index contributed by atoms with van der Waals surface area (Å²) in [6.07, 6.45) is 3.50. The molecule has 0 bridgehead atoms. The third kappa shape index (κ3) is 3.51. The number of guanidine groups is 1. The predicted molar refractivity (Wildman–Crippen MR) is 67.1 cm³/mol. The second kappa shape index (κ2) is 6.07. The summed E-state index contributed by atoms with van der Waals surface area (Å²) >= 11 is 0. The number of nitrogens with zero attached hydrogens (tertiary/aromatic N) is 3. The quantitative estimate of drug-likeness (QED) is 0.346. The first-order chi connectivity index (χ1) is 7.65. The van der Waals surface area contributed by atoms with Crippen LogP contribution in [0.2, 0.25) is 0 Å². The highest BCUT2D eigenvalue weighted by Gasteiger charge is 2.07. The van der Waals surface area contributed by atoms with Gasteiger partial charge in [-0.15, -0.1) is 0 Å².